The molecule has 0 saturated carbocycles. The monoisotopic (exact) mass is 158 g/mol. The Kier molecular flexibility index (Phi) is 1.21. The molecule has 0 bridgehead atoms. The fraction of sp³-hybridized carbons (Fsp3) is 0. The summed E-state index contributed by atoms with van der Waals surface area (Å²) in [5.41, 5.74) is -0.0565. The summed E-state index contributed by atoms with van der Waals surface area (Å²) in [7, 11) is 0. The zero-order chi connectivity index (χ0) is 8.55. The Morgan fingerprint density at radius 3 is 2.83 bits per heavy atom. The van der Waals surface area contributed by atoms with Crippen molar-refractivity contribution in [3.05, 3.63) is 38.7 Å². The van der Waals surface area contributed by atoms with E-state index in [1.807, 2.05) is 0 Å². The summed E-state index contributed by atoms with van der Waals surface area (Å²) in [6, 6.07) is 0. The van der Waals surface area contributed by atoms with Crippen molar-refractivity contribution in [3.63, 3.8) is 0 Å². The highest BCUT2D eigenvalue weighted by molar-refractivity contribution is 5.06. The van der Waals surface area contributed by atoms with Crippen molar-refractivity contribution >= 4 is 0 Å². The van der Waals surface area contributed by atoms with Crippen LogP contribution in [-0.4, -0.2) is 9.97 Å². The molecule has 5 heteroatoms. The van der Waals surface area contributed by atoms with Crippen LogP contribution in [0.2, 0.25) is 0 Å². The van der Waals surface area contributed by atoms with Gasteiger partial charge in [0, 0.05) is 12.4 Å². The zero-order valence-electron chi connectivity index (χ0n) is 5.85. The second-order valence-electron chi connectivity index (χ2n) is 2.18. The number of hydrogen-bond acceptors (Lipinski definition) is 5. The molecule has 0 aromatic heterocycles. The Balaban J connectivity index is 3.10. The minimum atomic E-state index is -0.322. The second kappa shape index (κ2) is 2.20. The van der Waals surface area contributed by atoms with E-state index in [2.05, 4.69) is 15.0 Å². The van der Waals surface area contributed by atoms with Gasteiger partial charge in [-0.05, 0) is 0 Å². The maximum atomic E-state index is 10.9. The molecule has 0 atom stereocenters. The lowest BCUT2D eigenvalue weighted by Gasteiger charge is -1.66. The molecule has 2 aliphatic heterocycles. The first kappa shape index (κ1) is 6.61. The van der Waals surface area contributed by atoms with E-state index in [-0.39, 0.29) is 11.0 Å². The van der Waals surface area contributed by atoms with E-state index in [1.165, 1.54) is 12.4 Å². The van der Waals surface area contributed by atoms with Crippen LogP contribution in [-0.2, 0) is 0 Å². The predicted molar refractivity (Wildman–Crippen MR) is 37.2 cm³/mol. The number of nitriles is 1. The molecule has 0 unspecified atom stereocenters. The number of nitrogens with zero attached hydrogens (tertiary/aromatic N) is 4. The molecule has 5 nitrogen and oxygen atoms in total. The van der Waals surface area contributed by atoms with Gasteiger partial charge in [-0.1, -0.05) is 0 Å². The summed E-state index contributed by atoms with van der Waals surface area (Å²) in [4.78, 5) is 21.7. The summed E-state index contributed by atoms with van der Waals surface area (Å²) in [5, 5.41) is 9.21. The lowest BCUT2D eigenvalue weighted by Crippen LogP contribution is -2.01. The molecule has 0 amide bonds. The standard InChI is InChI=1S/C7H2N4O/c8-3-11-6-4-1-10-7(12)5(4)2-9-6/h1-2H. The molecule has 0 spiro atoms. The number of aromatic nitrogens is 2. The first-order valence-electron chi connectivity index (χ1n) is 3.17. The fourth-order valence-electron chi connectivity index (χ4n) is 1.01. The molecule has 2 aliphatic rings. The molecule has 2 rings (SSSR count). The summed E-state index contributed by atoms with van der Waals surface area (Å²) < 4.78 is 0. The van der Waals surface area contributed by atoms with E-state index in [0.717, 1.165) is 0 Å². The van der Waals surface area contributed by atoms with E-state index >= 15 is 0 Å². The maximum absolute atomic E-state index is 10.9. The number of hydrogen-bond donors (Lipinski definition) is 0. The highest BCUT2D eigenvalue weighted by atomic mass is 16.1. The highest BCUT2D eigenvalue weighted by Crippen LogP contribution is 1.83. The lowest BCUT2D eigenvalue weighted by atomic mass is 10.4. The third-order valence-corrected chi connectivity index (χ3v) is 1.54. The Labute approximate surface area is 66.0 Å². The first-order chi connectivity index (χ1) is 5.83. The van der Waals surface area contributed by atoms with Crippen LogP contribution in [0.3, 0.4) is 0 Å². The predicted octanol–water partition coefficient (Wildman–Crippen LogP) is -1.18. The molecule has 0 radical (unpaired) electrons. The van der Waals surface area contributed by atoms with Gasteiger partial charge in [0.2, 0.25) is 6.19 Å². The van der Waals surface area contributed by atoms with Gasteiger partial charge in [-0.3, -0.25) is 4.79 Å². The molecular weight excluding hydrogens is 156 g/mol. The van der Waals surface area contributed by atoms with E-state index in [1.54, 1.807) is 6.19 Å². The van der Waals surface area contributed by atoms with Crippen LogP contribution in [0, 0.1) is 21.9 Å². The Morgan fingerprint density at radius 1 is 1.33 bits per heavy atom. The van der Waals surface area contributed by atoms with Crippen molar-refractivity contribution < 1.29 is 0 Å². The molecule has 2 heterocycles. The third kappa shape index (κ3) is 0.720. The summed E-state index contributed by atoms with van der Waals surface area (Å²) >= 11 is 0. The molecule has 12 heavy (non-hydrogen) atoms. The minimum Gasteiger partial charge on any atom is -0.267 e. The van der Waals surface area contributed by atoms with Gasteiger partial charge in [-0.25, -0.2) is 9.97 Å². The van der Waals surface area contributed by atoms with E-state index in [9.17, 15) is 4.79 Å². The highest BCUT2D eigenvalue weighted by Gasteiger charge is 2.00. The molecular formula is C7H2N4O. The molecule has 0 fully saturated rings. The van der Waals surface area contributed by atoms with Crippen LogP contribution in [0.1, 0.15) is 0 Å². The average molecular weight is 158 g/mol. The largest absolute Gasteiger partial charge is 0.279 e. The van der Waals surface area contributed by atoms with E-state index < -0.39 is 0 Å². The number of rotatable bonds is 0. The van der Waals surface area contributed by atoms with Crippen LogP contribution < -0.4 is 11.0 Å². The van der Waals surface area contributed by atoms with E-state index in [4.69, 9.17) is 5.26 Å². The van der Waals surface area contributed by atoms with Crippen molar-refractivity contribution in [1.82, 2.24) is 9.97 Å². The molecule has 0 saturated heterocycles. The van der Waals surface area contributed by atoms with Crippen molar-refractivity contribution in [1.29, 1.82) is 5.26 Å². The van der Waals surface area contributed by atoms with Crippen molar-refractivity contribution in [2.24, 2.45) is 4.99 Å². The third-order valence-electron chi connectivity index (χ3n) is 1.54. The molecule has 0 aromatic carbocycles. The zero-order valence-corrected chi connectivity index (χ0v) is 5.85. The van der Waals surface area contributed by atoms with Gasteiger partial charge in [0.1, 0.15) is 0 Å². The second-order valence-corrected chi connectivity index (χ2v) is 2.18. The summed E-state index contributed by atoms with van der Waals surface area (Å²) in [6.07, 6.45) is 4.36. The van der Waals surface area contributed by atoms with Gasteiger partial charge in [0.25, 0.3) is 5.56 Å². The van der Waals surface area contributed by atoms with Crippen LogP contribution in [0.25, 0.3) is 0 Å². The van der Waals surface area contributed by atoms with E-state index in [0.29, 0.717) is 10.4 Å². The van der Waals surface area contributed by atoms with Gasteiger partial charge in [-0.15, -0.1) is 0 Å². The van der Waals surface area contributed by atoms with Crippen LogP contribution in [0.5, 0.6) is 0 Å². The minimum absolute atomic E-state index is 0.266. The Morgan fingerprint density at radius 2 is 2.08 bits per heavy atom. The Hall–Kier alpha value is -2.09. The smallest absolute Gasteiger partial charge is 0.267 e. The molecule has 0 aliphatic carbocycles. The van der Waals surface area contributed by atoms with Gasteiger partial charge in [0.15, 0.2) is 5.49 Å². The first-order valence-corrected chi connectivity index (χ1v) is 3.17. The topological polar surface area (TPSA) is 79.0 Å². The SMILES string of the molecule is N#CN=c1ncc2c(=O)ncc1=2. The molecule has 0 N–H and O–H groups in total. The van der Waals surface area contributed by atoms with Crippen LogP contribution in [0.15, 0.2) is 22.2 Å². The van der Waals surface area contributed by atoms with Gasteiger partial charge in [0.05, 0.1) is 10.4 Å². The normalized spacial score (nSPS) is 12.1. The van der Waals surface area contributed by atoms with Crippen LogP contribution in [0.4, 0.5) is 0 Å². The quantitative estimate of drug-likeness (QED) is 0.452. The summed E-state index contributed by atoms with van der Waals surface area (Å²) in [6.45, 7) is 0. The van der Waals surface area contributed by atoms with Gasteiger partial charge in [-0.2, -0.15) is 10.3 Å². The summed E-state index contributed by atoms with van der Waals surface area (Å²) in [5.74, 6) is 0. The van der Waals surface area contributed by atoms with Gasteiger partial charge < -0.3 is 0 Å². The van der Waals surface area contributed by atoms with Crippen molar-refractivity contribution in [2.75, 3.05) is 0 Å². The Bertz CT molecular complexity index is 599. The van der Waals surface area contributed by atoms with Crippen LogP contribution >= 0.6 is 0 Å². The van der Waals surface area contributed by atoms with Crippen molar-refractivity contribution in [3.8, 4) is 6.19 Å². The lowest BCUT2D eigenvalue weighted by molar-refractivity contribution is 1.16. The molecule has 56 valence electrons. The fourth-order valence-corrected chi connectivity index (χ4v) is 1.01. The molecule has 0 aromatic rings. The maximum Gasteiger partial charge on any atom is 0.279 e. The average Bonchev–Trinajstić information content (AvgIpc) is 2.58. The van der Waals surface area contributed by atoms with Gasteiger partial charge >= 0.3 is 0 Å². The van der Waals surface area contributed by atoms with Crippen molar-refractivity contribution in [2.45, 2.75) is 0 Å².